The third kappa shape index (κ3) is 6.79. The standard InChI is InChI=1S/C18H26N2O7S2/c1-12(2)17(20-29(25,26)15-6-4-13(3)5-7-15)18(22)27-10-16(21)19-14-8-9-28(23,24)11-14/h4-7,12,14,17,20H,8-11H2,1-3H3,(H,19,21)/t14?,17-/m0/s1. The third-order valence-electron chi connectivity index (χ3n) is 4.48. The maximum atomic E-state index is 12.5. The molecule has 2 rings (SSSR count). The maximum absolute atomic E-state index is 12.5. The van der Waals surface area contributed by atoms with Crippen LogP contribution in [0.4, 0.5) is 0 Å². The highest BCUT2D eigenvalue weighted by molar-refractivity contribution is 7.91. The SMILES string of the molecule is Cc1ccc(S(=O)(=O)N[C@H](C(=O)OCC(=O)NC2CCS(=O)(=O)C2)C(C)C)cc1. The Kier molecular flexibility index (Phi) is 7.41. The molecule has 2 N–H and O–H groups in total. The van der Waals surface area contributed by atoms with E-state index in [-0.39, 0.29) is 16.4 Å². The van der Waals surface area contributed by atoms with Gasteiger partial charge in [0.15, 0.2) is 16.4 Å². The summed E-state index contributed by atoms with van der Waals surface area (Å²) in [6.45, 7) is 4.50. The van der Waals surface area contributed by atoms with Crippen molar-refractivity contribution in [3.05, 3.63) is 29.8 Å². The average Bonchev–Trinajstić information content (AvgIpc) is 2.96. The predicted octanol–water partition coefficient (Wildman–Crippen LogP) is 0.144. The van der Waals surface area contributed by atoms with Crippen molar-refractivity contribution < 1.29 is 31.2 Å². The fourth-order valence-electron chi connectivity index (χ4n) is 2.81. The fourth-order valence-corrected chi connectivity index (χ4v) is 5.82. The van der Waals surface area contributed by atoms with Gasteiger partial charge in [0, 0.05) is 6.04 Å². The smallest absolute Gasteiger partial charge is 0.324 e. The van der Waals surface area contributed by atoms with Crippen LogP contribution >= 0.6 is 0 Å². The lowest BCUT2D eigenvalue weighted by Crippen LogP contribution is -2.46. The number of esters is 1. The maximum Gasteiger partial charge on any atom is 0.324 e. The van der Waals surface area contributed by atoms with Crippen LogP contribution in [-0.4, -0.2) is 58.9 Å². The summed E-state index contributed by atoms with van der Waals surface area (Å²) >= 11 is 0. The van der Waals surface area contributed by atoms with E-state index in [1.54, 1.807) is 26.0 Å². The lowest BCUT2D eigenvalue weighted by atomic mass is 10.1. The number of benzene rings is 1. The van der Waals surface area contributed by atoms with Crippen LogP contribution < -0.4 is 10.0 Å². The minimum Gasteiger partial charge on any atom is -0.454 e. The highest BCUT2D eigenvalue weighted by atomic mass is 32.2. The van der Waals surface area contributed by atoms with Crippen LogP contribution in [0.3, 0.4) is 0 Å². The van der Waals surface area contributed by atoms with Crippen LogP contribution in [0.25, 0.3) is 0 Å². The second-order valence-corrected chi connectivity index (χ2v) is 11.4. The van der Waals surface area contributed by atoms with E-state index in [1.807, 2.05) is 6.92 Å². The van der Waals surface area contributed by atoms with E-state index in [9.17, 15) is 26.4 Å². The van der Waals surface area contributed by atoms with Gasteiger partial charge in [-0.15, -0.1) is 0 Å². The highest BCUT2D eigenvalue weighted by Crippen LogP contribution is 2.14. The number of sulfone groups is 1. The summed E-state index contributed by atoms with van der Waals surface area (Å²) in [5.74, 6) is -2.08. The summed E-state index contributed by atoms with van der Waals surface area (Å²) in [6.07, 6.45) is 0.312. The predicted molar refractivity (Wildman–Crippen MR) is 106 cm³/mol. The van der Waals surface area contributed by atoms with E-state index in [0.29, 0.717) is 6.42 Å². The Hall–Kier alpha value is -1.98. The molecule has 1 heterocycles. The molecule has 0 aromatic heterocycles. The number of ether oxygens (including phenoxy) is 1. The third-order valence-corrected chi connectivity index (χ3v) is 7.70. The van der Waals surface area contributed by atoms with E-state index >= 15 is 0 Å². The monoisotopic (exact) mass is 446 g/mol. The number of carbonyl (C=O) groups is 2. The molecule has 2 atom stereocenters. The normalized spacial score (nSPS) is 19.7. The number of amides is 1. The van der Waals surface area contributed by atoms with Gasteiger partial charge in [-0.3, -0.25) is 9.59 Å². The molecule has 1 aromatic rings. The summed E-state index contributed by atoms with van der Waals surface area (Å²) in [5.41, 5.74) is 0.893. The van der Waals surface area contributed by atoms with Crippen molar-refractivity contribution in [2.24, 2.45) is 5.92 Å². The zero-order chi connectivity index (χ0) is 21.8. The zero-order valence-corrected chi connectivity index (χ0v) is 18.2. The van der Waals surface area contributed by atoms with E-state index < -0.39 is 56.3 Å². The highest BCUT2D eigenvalue weighted by Gasteiger charge is 2.31. The van der Waals surface area contributed by atoms with E-state index in [0.717, 1.165) is 5.56 Å². The summed E-state index contributed by atoms with van der Waals surface area (Å²) in [5, 5.41) is 2.50. The van der Waals surface area contributed by atoms with Crippen molar-refractivity contribution in [1.29, 1.82) is 0 Å². The second kappa shape index (κ2) is 9.23. The lowest BCUT2D eigenvalue weighted by Gasteiger charge is -2.21. The van der Waals surface area contributed by atoms with E-state index in [2.05, 4.69) is 10.0 Å². The number of sulfonamides is 1. The van der Waals surface area contributed by atoms with Gasteiger partial charge < -0.3 is 10.1 Å². The molecule has 1 aromatic carbocycles. The Balaban J connectivity index is 1.95. The largest absolute Gasteiger partial charge is 0.454 e. The Morgan fingerprint density at radius 2 is 1.83 bits per heavy atom. The van der Waals surface area contributed by atoms with Gasteiger partial charge in [-0.1, -0.05) is 31.5 Å². The van der Waals surface area contributed by atoms with Crippen LogP contribution in [0.2, 0.25) is 0 Å². The van der Waals surface area contributed by atoms with Crippen LogP contribution in [0.15, 0.2) is 29.2 Å². The first-order chi connectivity index (χ1) is 13.4. The molecule has 29 heavy (non-hydrogen) atoms. The zero-order valence-electron chi connectivity index (χ0n) is 16.5. The van der Waals surface area contributed by atoms with Crippen molar-refractivity contribution in [3.63, 3.8) is 0 Å². The van der Waals surface area contributed by atoms with Crippen LogP contribution in [0.1, 0.15) is 25.8 Å². The molecule has 162 valence electrons. The molecule has 1 saturated heterocycles. The number of hydrogen-bond acceptors (Lipinski definition) is 7. The summed E-state index contributed by atoms with van der Waals surface area (Å²) in [4.78, 5) is 24.3. The van der Waals surface area contributed by atoms with Crippen LogP contribution in [0, 0.1) is 12.8 Å². The van der Waals surface area contributed by atoms with Crippen LogP contribution in [0.5, 0.6) is 0 Å². The first-order valence-corrected chi connectivity index (χ1v) is 12.5. The van der Waals surface area contributed by atoms with Crippen molar-refractivity contribution in [1.82, 2.24) is 10.0 Å². The van der Waals surface area contributed by atoms with Gasteiger partial charge in [0.2, 0.25) is 10.0 Å². The molecule has 0 saturated carbocycles. The van der Waals surface area contributed by atoms with Crippen molar-refractivity contribution >= 4 is 31.7 Å². The molecular weight excluding hydrogens is 420 g/mol. The van der Waals surface area contributed by atoms with Gasteiger partial charge in [-0.25, -0.2) is 16.8 Å². The molecule has 1 amide bonds. The van der Waals surface area contributed by atoms with Gasteiger partial charge >= 0.3 is 5.97 Å². The Labute approximate surface area is 171 Å². The molecule has 1 aliphatic heterocycles. The Morgan fingerprint density at radius 3 is 2.34 bits per heavy atom. The summed E-state index contributed by atoms with van der Waals surface area (Å²) in [6, 6.07) is 4.47. The molecular formula is C18H26N2O7S2. The number of aryl methyl sites for hydroxylation is 1. The lowest BCUT2D eigenvalue weighted by molar-refractivity contribution is -0.151. The minimum absolute atomic E-state index is 0.00788. The van der Waals surface area contributed by atoms with Crippen molar-refractivity contribution in [2.45, 2.75) is 44.2 Å². The molecule has 11 heteroatoms. The molecule has 1 fully saturated rings. The van der Waals surface area contributed by atoms with E-state index in [4.69, 9.17) is 4.74 Å². The quantitative estimate of drug-likeness (QED) is 0.542. The number of hydrogen-bond donors (Lipinski definition) is 2. The fraction of sp³-hybridized carbons (Fsp3) is 0.556. The van der Waals surface area contributed by atoms with Gasteiger partial charge in [-0.2, -0.15) is 4.72 Å². The molecule has 9 nitrogen and oxygen atoms in total. The van der Waals surface area contributed by atoms with E-state index in [1.165, 1.54) is 12.1 Å². The molecule has 1 unspecified atom stereocenters. The Morgan fingerprint density at radius 1 is 1.21 bits per heavy atom. The minimum atomic E-state index is -3.95. The number of carbonyl (C=O) groups excluding carboxylic acids is 2. The molecule has 0 spiro atoms. The van der Waals surface area contributed by atoms with Crippen LogP contribution in [-0.2, 0) is 34.2 Å². The van der Waals surface area contributed by atoms with Gasteiger partial charge in [0.05, 0.1) is 16.4 Å². The van der Waals surface area contributed by atoms with Gasteiger partial charge in [0.25, 0.3) is 5.91 Å². The summed E-state index contributed by atoms with van der Waals surface area (Å²) in [7, 11) is -7.10. The van der Waals surface area contributed by atoms with Crippen molar-refractivity contribution in [2.75, 3.05) is 18.1 Å². The van der Waals surface area contributed by atoms with Crippen molar-refractivity contribution in [3.8, 4) is 0 Å². The first kappa shape index (κ1) is 23.3. The molecule has 1 aliphatic rings. The van der Waals surface area contributed by atoms with Gasteiger partial charge in [0.1, 0.15) is 6.04 Å². The molecule has 0 aliphatic carbocycles. The number of nitrogens with one attached hydrogen (secondary N) is 2. The van der Waals surface area contributed by atoms with Gasteiger partial charge in [-0.05, 0) is 31.4 Å². The first-order valence-electron chi connectivity index (χ1n) is 9.15. The molecule has 0 radical (unpaired) electrons. The topological polar surface area (TPSA) is 136 Å². The average molecular weight is 447 g/mol. The second-order valence-electron chi connectivity index (χ2n) is 7.43. The molecule has 0 bridgehead atoms. The number of rotatable bonds is 8. The summed E-state index contributed by atoms with van der Waals surface area (Å²) < 4.78 is 55.2. The Bertz CT molecular complexity index is 954.